The van der Waals surface area contributed by atoms with Gasteiger partial charge < -0.3 is 14.8 Å². The zero-order valence-corrected chi connectivity index (χ0v) is 32.7. The van der Waals surface area contributed by atoms with Crippen LogP contribution in [-0.4, -0.2) is 85.0 Å². The van der Waals surface area contributed by atoms with E-state index >= 15 is 0 Å². The van der Waals surface area contributed by atoms with Gasteiger partial charge in [-0.3, -0.25) is 23.8 Å². The van der Waals surface area contributed by atoms with Crippen LogP contribution >= 0.6 is 0 Å². The molecule has 5 rings (SSSR count). The summed E-state index contributed by atoms with van der Waals surface area (Å²) in [6.07, 6.45) is 14.4. The number of unbranched alkanes of at least 4 members (excludes halogenated alkanes) is 2. The van der Waals surface area contributed by atoms with Crippen LogP contribution in [0.15, 0.2) is 94.4 Å². The molecule has 15 heteroatoms. The van der Waals surface area contributed by atoms with Crippen molar-refractivity contribution in [3.05, 3.63) is 95.8 Å². The molecule has 288 valence electrons. The lowest BCUT2D eigenvalue weighted by Crippen LogP contribution is -2.38. The molecule has 0 saturated carbocycles. The highest BCUT2D eigenvalue weighted by Crippen LogP contribution is 2.48. The number of hydrogen-bond acceptors (Lipinski definition) is 9. The lowest BCUT2D eigenvalue weighted by atomic mass is 9.81. The number of nitrogens with one attached hydrogen (secondary N) is 1. The molecular formula is C39H46N4O9S2. The zero-order valence-electron chi connectivity index (χ0n) is 31.0. The number of benzene rings is 2. The highest BCUT2D eigenvalue weighted by atomic mass is 32.2. The lowest BCUT2D eigenvalue weighted by molar-refractivity contribution is -0.438. The summed E-state index contributed by atoms with van der Waals surface area (Å²) in [4.78, 5) is 38.5. The number of anilines is 1. The minimum absolute atomic E-state index is 0.112. The second-order valence-electron chi connectivity index (χ2n) is 14.4. The second-order valence-corrected chi connectivity index (χ2v) is 17.2. The quantitative estimate of drug-likeness (QED) is 0.0850. The van der Waals surface area contributed by atoms with Gasteiger partial charge in [-0.15, -0.1) is 0 Å². The maximum Gasteiger partial charge on any atom is 0.294 e. The van der Waals surface area contributed by atoms with Crippen molar-refractivity contribution >= 4 is 55.0 Å². The summed E-state index contributed by atoms with van der Waals surface area (Å²) >= 11 is 0. The molecule has 0 fully saturated rings. The fraction of sp³-hybridized carbons (Fsp3) is 0.385. The van der Waals surface area contributed by atoms with Gasteiger partial charge >= 0.3 is 0 Å². The highest BCUT2D eigenvalue weighted by Gasteiger charge is 2.45. The molecule has 3 aliphatic rings. The number of nitrogens with zero attached hydrogens (tertiary/aromatic N) is 3. The number of carbonyl (C=O) groups is 3. The largest absolute Gasteiger partial charge is 0.744 e. The van der Waals surface area contributed by atoms with Crippen molar-refractivity contribution in [2.45, 2.75) is 80.9 Å². The minimum Gasteiger partial charge on any atom is -0.744 e. The smallest absolute Gasteiger partial charge is 0.294 e. The summed E-state index contributed by atoms with van der Waals surface area (Å²) in [7, 11) is -9.04. The molecular weight excluding hydrogens is 733 g/mol. The van der Waals surface area contributed by atoms with Crippen LogP contribution in [-0.2, 0) is 45.4 Å². The first kappa shape index (κ1) is 40.5. The number of hydrogen-bond donors (Lipinski definition) is 2. The average Bonchev–Trinajstić information content (AvgIpc) is 3.61. The SMILES string of the molecule is CCN1/C(=C/C=C/C=C/C2=[N+](CCCCCC(=O)NCCN3C(=O)C=CC3=O)c3ccc(S(=O)(=O)O)cc3C2(C)C)C(C)(C)c2cc(S(=O)(=O)[O-])ccc21. The van der Waals surface area contributed by atoms with Gasteiger partial charge in [0.1, 0.15) is 16.7 Å². The van der Waals surface area contributed by atoms with Gasteiger partial charge in [-0.05, 0) is 75.6 Å². The molecule has 0 radical (unpaired) electrons. The molecule has 3 heterocycles. The van der Waals surface area contributed by atoms with Gasteiger partial charge in [-0.25, -0.2) is 8.42 Å². The van der Waals surface area contributed by atoms with Crippen molar-refractivity contribution < 1.29 is 44.9 Å². The summed E-state index contributed by atoms with van der Waals surface area (Å²) in [6, 6.07) is 9.06. The zero-order chi connectivity index (χ0) is 39.6. The standard InChI is InChI=1S/C39H46N4O9S2/c1-6-41-31-18-16-27(53(47,48)49)25-29(31)38(2,3)33(41)13-9-7-10-14-34-39(4,5)30-26-28(54(50,51)52)17-19-32(30)42(34)23-12-8-11-15-35(44)40-22-24-43-36(45)20-21-37(43)46/h7,9-10,13-14,16-21,25-26H,6,8,11-12,15,22-24H2,1-5H3,(H2-,40,44,47,48,49,50,51,52). The third-order valence-corrected chi connectivity index (χ3v) is 11.9. The Morgan fingerprint density at radius 2 is 1.54 bits per heavy atom. The van der Waals surface area contributed by atoms with Crippen LogP contribution in [0.1, 0.15) is 71.4 Å². The Morgan fingerprint density at radius 3 is 2.19 bits per heavy atom. The summed E-state index contributed by atoms with van der Waals surface area (Å²) in [5.41, 5.74) is 3.82. The van der Waals surface area contributed by atoms with E-state index in [0.29, 0.717) is 19.5 Å². The van der Waals surface area contributed by atoms with E-state index in [0.717, 1.165) is 51.7 Å². The Morgan fingerprint density at radius 1 is 0.870 bits per heavy atom. The first-order valence-electron chi connectivity index (χ1n) is 17.8. The van der Waals surface area contributed by atoms with Gasteiger partial charge in [0.15, 0.2) is 5.71 Å². The first-order chi connectivity index (χ1) is 25.3. The Hall–Kier alpha value is -4.70. The summed E-state index contributed by atoms with van der Waals surface area (Å²) in [5.74, 6) is -0.954. The molecule has 0 unspecified atom stereocenters. The average molecular weight is 779 g/mol. The number of likely N-dealkylation sites (N-methyl/N-ethyl adjacent to an activating group) is 1. The number of allylic oxidation sites excluding steroid dienone is 6. The van der Waals surface area contributed by atoms with E-state index in [1.54, 1.807) is 12.1 Å². The Labute approximate surface area is 316 Å². The van der Waals surface area contributed by atoms with Gasteiger partial charge in [0.05, 0.1) is 15.2 Å². The van der Waals surface area contributed by atoms with E-state index in [4.69, 9.17) is 0 Å². The van der Waals surface area contributed by atoms with Crippen molar-refractivity contribution in [3.63, 3.8) is 0 Å². The third-order valence-electron chi connectivity index (χ3n) is 10.2. The molecule has 0 atom stereocenters. The minimum atomic E-state index is -4.61. The van der Waals surface area contributed by atoms with Gasteiger partial charge in [0.25, 0.3) is 21.9 Å². The number of carbonyl (C=O) groups excluding carboxylic acids is 3. The van der Waals surface area contributed by atoms with Crippen LogP contribution < -0.4 is 10.2 Å². The van der Waals surface area contributed by atoms with Crippen molar-refractivity contribution in [2.24, 2.45) is 0 Å². The van der Waals surface area contributed by atoms with Crippen molar-refractivity contribution in [3.8, 4) is 0 Å². The van der Waals surface area contributed by atoms with E-state index in [9.17, 15) is 40.3 Å². The van der Waals surface area contributed by atoms with Crippen LogP contribution in [0.3, 0.4) is 0 Å². The molecule has 3 amide bonds. The number of imide groups is 1. The van der Waals surface area contributed by atoms with Gasteiger partial charge in [0.2, 0.25) is 11.6 Å². The summed E-state index contributed by atoms with van der Waals surface area (Å²) in [5, 5.41) is 2.75. The van der Waals surface area contributed by atoms with E-state index in [1.165, 1.54) is 36.4 Å². The molecule has 2 aromatic rings. The number of amides is 3. The van der Waals surface area contributed by atoms with Crippen LogP contribution in [0.5, 0.6) is 0 Å². The van der Waals surface area contributed by atoms with Gasteiger partial charge in [-0.1, -0.05) is 32.1 Å². The van der Waals surface area contributed by atoms with Crippen LogP contribution in [0.25, 0.3) is 0 Å². The van der Waals surface area contributed by atoms with Gasteiger partial charge in [0, 0.05) is 79.1 Å². The van der Waals surface area contributed by atoms with Gasteiger partial charge in [-0.2, -0.15) is 13.0 Å². The summed E-state index contributed by atoms with van der Waals surface area (Å²) in [6.45, 7) is 11.4. The monoisotopic (exact) mass is 778 g/mol. The van der Waals surface area contributed by atoms with Crippen LogP contribution in [0.4, 0.5) is 11.4 Å². The topological polar surface area (TPSA) is 184 Å². The second kappa shape index (κ2) is 15.6. The van der Waals surface area contributed by atoms with E-state index < -0.39 is 42.9 Å². The van der Waals surface area contributed by atoms with Crippen LogP contribution in [0.2, 0.25) is 0 Å². The Bertz CT molecular complexity index is 2230. The fourth-order valence-electron chi connectivity index (χ4n) is 7.34. The van der Waals surface area contributed by atoms with E-state index in [-0.39, 0.29) is 35.2 Å². The molecule has 2 N–H and O–H groups in total. The first-order valence-corrected chi connectivity index (χ1v) is 20.6. The molecule has 13 nitrogen and oxygen atoms in total. The van der Waals surface area contributed by atoms with E-state index in [1.807, 2.05) is 65.0 Å². The van der Waals surface area contributed by atoms with Crippen LogP contribution in [0, 0.1) is 0 Å². The van der Waals surface area contributed by atoms with Crippen molar-refractivity contribution in [2.75, 3.05) is 31.1 Å². The molecule has 0 aromatic heterocycles. The predicted octanol–water partition coefficient (Wildman–Crippen LogP) is 4.63. The number of fused-ring (bicyclic) bond motifs is 2. The van der Waals surface area contributed by atoms with Crippen molar-refractivity contribution in [1.82, 2.24) is 10.2 Å². The molecule has 0 bridgehead atoms. The fourth-order valence-corrected chi connectivity index (χ4v) is 8.35. The lowest BCUT2D eigenvalue weighted by Gasteiger charge is -2.25. The highest BCUT2D eigenvalue weighted by molar-refractivity contribution is 7.86. The third kappa shape index (κ3) is 8.33. The summed E-state index contributed by atoms with van der Waals surface area (Å²) < 4.78 is 71.2. The Balaban J connectivity index is 1.30. The molecule has 2 aromatic carbocycles. The number of rotatable bonds is 15. The molecule has 3 aliphatic heterocycles. The maximum atomic E-state index is 12.4. The molecule has 0 saturated heterocycles. The van der Waals surface area contributed by atoms with Crippen molar-refractivity contribution in [1.29, 1.82) is 0 Å². The molecule has 0 spiro atoms. The molecule has 54 heavy (non-hydrogen) atoms. The predicted molar refractivity (Wildman–Crippen MR) is 203 cm³/mol. The molecule has 0 aliphatic carbocycles. The Kier molecular flexibility index (Phi) is 11.7. The maximum absolute atomic E-state index is 12.4. The normalized spacial score (nSPS) is 18.5. The van der Waals surface area contributed by atoms with E-state index in [2.05, 4.69) is 14.8 Å².